The van der Waals surface area contributed by atoms with Crippen LogP contribution in [0.5, 0.6) is 0 Å². The summed E-state index contributed by atoms with van der Waals surface area (Å²) < 4.78 is 0.914. The Labute approximate surface area is 115 Å². The number of nitriles is 1. The van der Waals surface area contributed by atoms with Crippen LogP contribution < -0.4 is 9.80 Å². The minimum atomic E-state index is -0.709. The molecule has 94 valence electrons. The van der Waals surface area contributed by atoms with E-state index in [1.807, 2.05) is 36.9 Å². The third-order valence-electron chi connectivity index (χ3n) is 3.21. The molecule has 1 aliphatic rings. The molecule has 0 aliphatic carbocycles. The van der Waals surface area contributed by atoms with Crippen LogP contribution in [0.2, 0.25) is 0 Å². The Bertz CT molecular complexity index is 548. The summed E-state index contributed by atoms with van der Waals surface area (Å²) in [5.74, 6) is -0.0103. The number of likely N-dealkylation sites (N-methyl/N-ethyl adjacent to an activating group) is 1. The quantitative estimate of drug-likeness (QED) is 0.801. The molecule has 1 aromatic carbocycles. The van der Waals surface area contributed by atoms with Gasteiger partial charge < -0.3 is 9.80 Å². The molecule has 1 amide bonds. The summed E-state index contributed by atoms with van der Waals surface area (Å²) in [6.07, 6.45) is 0. The Morgan fingerprint density at radius 2 is 2.06 bits per heavy atom. The highest BCUT2D eigenvalue weighted by molar-refractivity contribution is 9.10. The Balaban J connectivity index is 2.59. The molecule has 1 aromatic rings. The van der Waals surface area contributed by atoms with Crippen LogP contribution in [0.1, 0.15) is 13.8 Å². The number of carbonyl (C=O) groups excluding carboxylic acids is 1. The lowest BCUT2D eigenvalue weighted by molar-refractivity contribution is -0.117. The predicted octanol–water partition coefficient (Wildman–Crippen LogP) is 2.53. The molecule has 5 heteroatoms. The fourth-order valence-electron chi connectivity index (χ4n) is 2.01. The first-order valence-corrected chi connectivity index (χ1v) is 6.41. The maximum atomic E-state index is 12.0. The Morgan fingerprint density at radius 1 is 1.39 bits per heavy atom. The summed E-state index contributed by atoms with van der Waals surface area (Å²) in [7, 11) is 1.75. The summed E-state index contributed by atoms with van der Waals surface area (Å²) >= 11 is 3.40. The first-order valence-electron chi connectivity index (χ1n) is 5.62. The van der Waals surface area contributed by atoms with E-state index in [0.717, 1.165) is 15.8 Å². The molecular formula is C13H14BrN3O. The molecule has 0 fully saturated rings. The summed E-state index contributed by atoms with van der Waals surface area (Å²) in [5.41, 5.74) is 1.02. The van der Waals surface area contributed by atoms with Crippen molar-refractivity contribution in [2.45, 2.75) is 19.4 Å². The number of benzene rings is 1. The second-order valence-electron chi connectivity index (χ2n) is 4.84. The Morgan fingerprint density at radius 3 is 2.67 bits per heavy atom. The molecular weight excluding hydrogens is 294 g/mol. The largest absolute Gasteiger partial charge is 0.343 e. The van der Waals surface area contributed by atoms with Crippen molar-refractivity contribution in [2.24, 2.45) is 0 Å². The van der Waals surface area contributed by atoms with E-state index in [1.54, 1.807) is 11.9 Å². The normalized spacial score (nSPS) is 15.4. The molecule has 0 saturated heterocycles. The Kier molecular flexibility index (Phi) is 3.07. The van der Waals surface area contributed by atoms with Crippen LogP contribution in [0.25, 0.3) is 0 Å². The topological polar surface area (TPSA) is 47.3 Å². The fraction of sp³-hybridized carbons (Fsp3) is 0.385. The van der Waals surface area contributed by atoms with Gasteiger partial charge in [-0.25, -0.2) is 0 Å². The van der Waals surface area contributed by atoms with Crippen molar-refractivity contribution in [3.8, 4) is 6.07 Å². The first-order chi connectivity index (χ1) is 8.36. The number of anilines is 2. The molecule has 0 saturated carbocycles. The van der Waals surface area contributed by atoms with Crippen molar-refractivity contribution in [3.05, 3.63) is 22.7 Å². The van der Waals surface area contributed by atoms with E-state index in [2.05, 4.69) is 22.0 Å². The van der Waals surface area contributed by atoms with Gasteiger partial charge in [0.2, 0.25) is 5.91 Å². The van der Waals surface area contributed by atoms with Gasteiger partial charge in [-0.3, -0.25) is 4.79 Å². The van der Waals surface area contributed by atoms with Crippen molar-refractivity contribution >= 4 is 33.2 Å². The lowest BCUT2D eigenvalue weighted by atomic mass is 10.0. The van der Waals surface area contributed by atoms with E-state index < -0.39 is 5.54 Å². The van der Waals surface area contributed by atoms with E-state index in [-0.39, 0.29) is 12.5 Å². The monoisotopic (exact) mass is 307 g/mol. The van der Waals surface area contributed by atoms with E-state index in [9.17, 15) is 10.1 Å². The number of hydrogen-bond acceptors (Lipinski definition) is 3. The lowest BCUT2D eigenvalue weighted by Gasteiger charge is -2.41. The van der Waals surface area contributed by atoms with E-state index in [1.165, 1.54) is 0 Å². The summed E-state index contributed by atoms with van der Waals surface area (Å²) in [4.78, 5) is 15.5. The van der Waals surface area contributed by atoms with Gasteiger partial charge in [0.05, 0.1) is 24.0 Å². The predicted molar refractivity (Wildman–Crippen MR) is 74.6 cm³/mol. The average molecular weight is 308 g/mol. The third-order valence-corrected chi connectivity index (χ3v) is 3.70. The van der Waals surface area contributed by atoms with Crippen molar-refractivity contribution in [3.63, 3.8) is 0 Å². The highest BCUT2D eigenvalue weighted by atomic mass is 79.9. The molecule has 1 heterocycles. The molecule has 18 heavy (non-hydrogen) atoms. The zero-order valence-corrected chi connectivity index (χ0v) is 12.2. The smallest absolute Gasteiger partial charge is 0.246 e. The number of rotatable bonds is 1. The first kappa shape index (κ1) is 12.9. The molecule has 0 unspecified atom stereocenters. The fourth-order valence-corrected chi connectivity index (χ4v) is 2.36. The standard InChI is InChI=1S/C13H14BrN3O/c1-13(2,8-15)17-7-12(18)16(3)11-6-9(14)4-5-10(11)17/h4-6H,7H2,1-3H3. The molecule has 0 spiro atoms. The maximum absolute atomic E-state index is 12.0. The maximum Gasteiger partial charge on any atom is 0.246 e. The van der Waals surface area contributed by atoms with Crippen LogP contribution in [0.15, 0.2) is 22.7 Å². The number of halogens is 1. The van der Waals surface area contributed by atoms with Gasteiger partial charge in [-0.1, -0.05) is 15.9 Å². The average Bonchev–Trinajstić information content (AvgIpc) is 2.34. The molecule has 4 nitrogen and oxygen atoms in total. The van der Waals surface area contributed by atoms with Gasteiger partial charge >= 0.3 is 0 Å². The molecule has 0 N–H and O–H groups in total. The van der Waals surface area contributed by atoms with Crippen LogP contribution in [0.4, 0.5) is 11.4 Å². The van der Waals surface area contributed by atoms with Gasteiger partial charge in [0, 0.05) is 11.5 Å². The number of amides is 1. The van der Waals surface area contributed by atoms with Gasteiger partial charge in [0.1, 0.15) is 5.54 Å². The van der Waals surface area contributed by atoms with Crippen LogP contribution in [0.3, 0.4) is 0 Å². The number of nitrogens with zero attached hydrogens (tertiary/aromatic N) is 3. The molecule has 1 aliphatic heterocycles. The SMILES string of the molecule is CN1C(=O)CN(C(C)(C)C#N)c2ccc(Br)cc21. The van der Waals surface area contributed by atoms with E-state index in [4.69, 9.17) is 0 Å². The van der Waals surface area contributed by atoms with Gasteiger partial charge in [0.15, 0.2) is 0 Å². The van der Waals surface area contributed by atoms with E-state index in [0.29, 0.717) is 0 Å². The second kappa shape index (κ2) is 4.29. The molecule has 0 radical (unpaired) electrons. The van der Waals surface area contributed by atoms with Gasteiger partial charge in [-0.15, -0.1) is 0 Å². The summed E-state index contributed by atoms with van der Waals surface area (Å²) in [5, 5.41) is 9.25. The zero-order chi connectivity index (χ0) is 13.5. The Hall–Kier alpha value is -1.54. The van der Waals surface area contributed by atoms with Crippen molar-refractivity contribution in [2.75, 3.05) is 23.4 Å². The molecule has 0 aromatic heterocycles. The third kappa shape index (κ3) is 1.97. The van der Waals surface area contributed by atoms with Gasteiger partial charge in [0.25, 0.3) is 0 Å². The minimum Gasteiger partial charge on any atom is -0.343 e. The molecule has 2 rings (SSSR count). The number of fused-ring (bicyclic) bond motifs is 1. The van der Waals surface area contributed by atoms with Gasteiger partial charge in [-0.2, -0.15) is 5.26 Å². The lowest BCUT2D eigenvalue weighted by Crippen LogP contribution is -2.52. The van der Waals surface area contributed by atoms with E-state index >= 15 is 0 Å². The van der Waals surface area contributed by atoms with Crippen LogP contribution in [0, 0.1) is 11.3 Å². The van der Waals surface area contributed by atoms with Gasteiger partial charge in [-0.05, 0) is 32.0 Å². The molecule has 0 atom stereocenters. The van der Waals surface area contributed by atoms with Crippen molar-refractivity contribution < 1.29 is 4.79 Å². The second-order valence-corrected chi connectivity index (χ2v) is 5.76. The zero-order valence-electron chi connectivity index (χ0n) is 10.6. The number of carbonyl (C=O) groups is 1. The van der Waals surface area contributed by atoms with Crippen LogP contribution in [-0.2, 0) is 4.79 Å². The van der Waals surface area contributed by atoms with Crippen LogP contribution in [-0.4, -0.2) is 25.0 Å². The molecule has 0 bridgehead atoms. The summed E-state index contributed by atoms with van der Waals surface area (Å²) in [6, 6.07) is 7.99. The van der Waals surface area contributed by atoms with Crippen LogP contribution >= 0.6 is 15.9 Å². The highest BCUT2D eigenvalue weighted by Gasteiger charge is 2.35. The minimum absolute atomic E-state index is 0.0103. The summed E-state index contributed by atoms with van der Waals surface area (Å²) in [6.45, 7) is 3.86. The number of hydrogen-bond donors (Lipinski definition) is 0. The van der Waals surface area contributed by atoms with Crippen molar-refractivity contribution in [1.82, 2.24) is 0 Å². The highest BCUT2D eigenvalue weighted by Crippen LogP contribution is 2.38. The van der Waals surface area contributed by atoms with Crippen molar-refractivity contribution in [1.29, 1.82) is 5.26 Å².